The second-order valence-corrected chi connectivity index (χ2v) is 3.56. The Hall–Kier alpha value is -1.97. The Morgan fingerprint density at radius 3 is 2.11 bits per heavy atom. The van der Waals surface area contributed by atoms with Gasteiger partial charge in [0, 0.05) is 6.54 Å². The summed E-state index contributed by atoms with van der Waals surface area (Å²) in [5, 5.41) is 17.3. The zero-order valence-electron chi connectivity index (χ0n) is 9.96. The molecule has 0 bridgehead atoms. The number of nitrogens with two attached hydrogens (primary N) is 1. The molecule has 0 saturated carbocycles. The highest BCUT2D eigenvalue weighted by atomic mass is 19.3. The third-order valence-electron chi connectivity index (χ3n) is 1.94. The number of amides is 3. The van der Waals surface area contributed by atoms with E-state index >= 15 is 0 Å². The number of hydrogen-bond acceptors (Lipinski definition) is 4. The molecule has 0 aliphatic carbocycles. The van der Waals surface area contributed by atoms with Crippen LogP contribution in [0.15, 0.2) is 0 Å². The normalized spacial score (nSPS) is 10.3. The van der Waals surface area contributed by atoms with Crippen molar-refractivity contribution in [2.24, 2.45) is 5.73 Å². The second kappa shape index (κ2) is 8.19. The van der Waals surface area contributed by atoms with Crippen molar-refractivity contribution in [1.29, 1.82) is 0 Å². The molecule has 0 aliphatic rings. The van der Waals surface area contributed by atoms with E-state index in [2.05, 4.69) is 0 Å². The number of aliphatic hydroxyl groups is 1. The van der Waals surface area contributed by atoms with Crippen molar-refractivity contribution in [2.45, 2.75) is 6.43 Å². The molecule has 0 aromatic carbocycles. The fourth-order valence-corrected chi connectivity index (χ4v) is 1.29. The molecule has 8 nitrogen and oxygen atoms in total. The van der Waals surface area contributed by atoms with Crippen LogP contribution in [-0.2, 0) is 9.59 Å². The number of rotatable bonds is 8. The number of alkyl halides is 2. The van der Waals surface area contributed by atoms with E-state index in [1.54, 1.807) is 0 Å². The topological polar surface area (TPSA) is 124 Å². The third kappa shape index (κ3) is 7.13. The van der Waals surface area contributed by atoms with Crippen molar-refractivity contribution in [2.75, 3.05) is 32.8 Å². The number of urea groups is 1. The smallest absolute Gasteiger partial charge is 0.323 e. The molecule has 0 radical (unpaired) electrons. The summed E-state index contributed by atoms with van der Waals surface area (Å²) in [4.78, 5) is 34.1. The lowest BCUT2D eigenvalue weighted by Gasteiger charge is -2.28. The van der Waals surface area contributed by atoms with E-state index in [-0.39, 0.29) is 0 Å². The molecule has 4 N–H and O–H groups in total. The molecule has 0 aromatic rings. The highest BCUT2D eigenvalue weighted by Gasteiger charge is 2.26. The summed E-state index contributed by atoms with van der Waals surface area (Å²) in [7, 11) is 0. The fourth-order valence-electron chi connectivity index (χ4n) is 1.29. The predicted octanol–water partition coefficient (Wildman–Crippen LogP) is -1.46. The number of carbonyl (C=O) groups is 3. The Labute approximate surface area is 107 Å². The SMILES string of the molecule is NC(=O)CN(CC(=O)O)C(=O)N(CCO)CC(F)F. The minimum Gasteiger partial charge on any atom is -0.480 e. The van der Waals surface area contributed by atoms with Crippen LogP contribution in [0, 0.1) is 0 Å². The largest absolute Gasteiger partial charge is 0.480 e. The molecule has 0 heterocycles. The second-order valence-electron chi connectivity index (χ2n) is 3.56. The summed E-state index contributed by atoms with van der Waals surface area (Å²) in [6.45, 7) is -3.52. The maximum atomic E-state index is 12.3. The van der Waals surface area contributed by atoms with Crippen molar-refractivity contribution in [3.05, 3.63) is 0 Å². The van der Waals surface area contributed by atoms with Crippen LogP contribution in [0.4, 0.5) is 13.6 Å². The lowest BCUT2D eigenvalue weighted by molar-refractivity contribution is -0.138. The van der Waals surface area contributed by atoms with E-state index in [0.29, 0.717) is 9.80 Å². The van der Waals surface area contributed by atoms with Gasteiger partial charge in [0.2, 0.25) is 5.91 Å². The number of primary amides is 1. The van der Waals surface area contributed by atoms with Gasteiger partial charge in [0.15, 0.2) is 0 Å². The van der Waals surface area contributed by atoms with E-state index in [0.717, 1.165) is 0 Å². The summed E-state index contributed by atoms with van der Waals surface area (Å²) in [6, 6.07) is -1.10. The summed E-state index contributed by atoms with van der Waals surface area (Å²) in [5.41, 5.74) is 4.84. The molecule has 0 aromatic heterocycles. The molecular formula is C9H15F2N3O5. The molecule has 0 atom stereocenters. The van der Waals surface area contributed by atoms with Gasteiger partial charge in [-0.2, -0.15) is 0 Å². The summed E-state index contributed by atoms with van der Waals surface area (Å²) in [5.74, 6) is -2.40. The van der Waals surface area contributed by atoms with Crippen LogP contribution >= 0.6 is 0 Å². The molecule has 0 aliphatic heterocycles. The lowest BCUT2D eigenvalue weighted by atomic mass is 10.4. The van der Waals surface area contributed by atoms with Crippen LogP contribution < -0.4 is 5.73 Å². The number of halogens is 2. The molecule has 3 amide bonds. The summed E-state index contributed by atoms with van der Waals surface area (Å²) >= 11 is 0. The monoisotopic (exact) mass is 283 g/mol. The van der Waals surface area contributed by atoms with Crippen LogP contribution in [0.25, 0.3) is 0 Å². The van der Waals surface area contributed by atoms with Gasteiger partial charge in [-0.25, -0.2) is 13.6 Å². The summed E-state index contributed by atoms with van der Waals surface area (Å²) < 4.78 is 24.5. The minimum atomic E-state index is -2.85. The Morgan fingerprint density at radius 1 is 1.16 bits per heavy atom. The standard InChI is InChI=1S/C9H15F2N3O5/c10-6(11)3-13(1-2-15)9(19)14(4-7(12)16)5-8(17)18/h6,15H,1-5H2,(H2,12,16)(H,17,18). The zero-order valence-corrected chi connectivity index (χ0v) is 9.96. The average Bonchev–Trinajstić information content (AvgIpc) is 2.24. The lowest BCUT2D eigenvalue weighted by Crippen LogP contribution is -2.50. The highest BCUT2D eigenvalue weighted by Crippen LogP contribution is 2.04. The quantitative estimate of drug-likeness (QED) is 0.502. The number of hydrogen-bond donors (Lipinski definition) is 3. The van der Waals surface area contributed by atoms with Crippen LogP contribution in [0.3, 0.4) is 0 Å². The van der Waals surface area contributed by atoms with Crippen LogP contribution in [0.5, 0.6) is 0 Å². The first-order valence-electron chi connectivity index (χ1n) is 5.20. The number of carbonyl (C=O) groups excluding carboxylic acids is 2. The number of carboxylic acid groups (broad SMARTS) is 1. The van der Waals surface area contributed by atoms with Crippen molar-refractivity contribution in [1.82, 2.24) is 9.80 Å². The highest BCUT2D eigenvalue weighted by molar-refractivity contribution is 5.86. The molecule has 0 spiro atoms. The maximum absolute atomic E-state index is 12.3. The van der Waals surface area contributed by atoms with E-state index in [1.165, 1.54) is 0 Å². The van der Waals surface area contributed by atoms with Gasteiger partial charge in [-0.15, -0.1) is 0 Å². The molecule has 0 unspecified atom stereocenters. The zero-order chi connectivity index (χ0) is 15.0. The third-order valence-corrected chi connectivity index (χ3v) is 1.94. The van der Waals surface area contributed by atoms with Gasteiger partial charge < -0.3 is 25.7 Å². The first-order chi connectivity index (χ1) is 8.77. The van der Waals surface area contributed by atoms with Gasteiger partial charge in [0.05, 0.1) is 13.2 Å². The molecule has 0 rings (SSSR count). The van der Waals surface area contributed by atoms with Gasteiger partial charge in [-0.1, -0.05) is 0 Å². The molecule has 19 heavy (non-hydrogen) atoms. The average molecular weight is 283 g/mol. The predicted molar refractivity (Wildman–Crippen MR) is 58.5 cm³/mol. The Morgan fingerprint density at radius 2 is 1.74 bits per heavy atom. The van der Waals surface area contributed by atoms with E-state index in [9.17, 15) is 23.2 Å². The maximum Gasteiger partial charge on any atom is 0.323 e. The van der Waals surface area contributed by atoms with Gasteiger partial charge in [0.25, 0.3) is 6.43 Å². The van der Waals surface area contributed by atoms with E-state index in [4.69, 9.17) is 15.9 Å². The van der Waals surface area contributed by atoms with E-state index < -0.39 is 57.1 Å². The van der Waals surface area contributed by atoms with Crippen molar-refractivity contribution in [3.8, 4) is 0 Å². The Balaban J connectivity index is 4.87. The molecule has 10 heteroatoms. The Kier molecular flexibility index (Phi) is 7.34. The van der Waals surface area contributed by atoms with Gasteiger partial charge >= 0.3 is 12.0 Å². The van der Waals surface area contributed by atoms with E-state index in [1.807, 2.05) is 0 Å². The van der Waals surface area contributed by atoms with Crippen LogP contribution in [0.1, 0.15) is 0 Å². The van der Waals surface area contributed by atoms with Crippen molar-refractivity contribution >= 4 is 17.9 Å². The molecular weight excluding hydrogens is 268 g/mol. The fraction of sp³-hybridized carbons (Fsp3) is 0.667. The van der Waals surface area contributed by atoms with Gasteiger partial charge in [-0.3, -0.25) is 9.59 Å². The van der Waals surface area contributed by atoms with Crippen molar-refractivity contribution < 1.29 is 33.4 Å². The first-order valence-corrected chi connectivity index (χ1v) is 5.20. The molecule has 110 valence electrons. The number of carboxylic acids is 1. The number of aliphatic hydroxyl groups excluding tert-OH is 1. The number of aliphatic carboxylic acids is 1. The van der Waals surface area contributed by atoms with Crippen LogP contribution in [0.2, 0.25) is 0 Å². The molecule has 0 fully saturated rings. The Bertz CT molecular complexity index is 324. The van der Waals surface area contributed by atoms with Crippen LogP contribution in [-0.4, -0.2) is 77.1 Å². The van der Waals surface area contributed by atoms with Crippen molar-refractivity contribution in [3.63, 3.8) is 0 Å². The minimum absolute atomic E-state index is 0.405. The summed E-state index contributed by atoms with van der Waals surface area (Å²) in [6.07, 6.45) is -2.85. The first kappa shape index (κ1) is 17.0. The van der Waals surface area contributed by atoms with Gasteiger partial charge in [-0.05, 0) is 0 Å². The number of nitrogens with zero attached hydrogens (tertiary/aromatic N) is 2. The molecule has 0 saturated heterocycles. The van der Waals surface area contributed by atoms with Gasteiger partial charge in [0.1, 0.15) is 13.1 Å².